The molecule has 106 valence electrons. The first kappa shape index (κ1) is 14.4. The molecule has 1 saturated carbocycles. The van der Waals surface area contributed by atoms with Gasteiger partial charge in [0, 0.05) is 12.6 Å². The molecule has 0 bridgehead atoms. The third-order valence-electron chi connectivity index (χ3n) is 3.51. The fourth-order valence-corrected chi connectivity index (χ4v) is 3.56. The van der Waals surface area contributed by atoms with Crippen molar-refractivity contribution in [3.05, 3.63) is 30.1 Å². The highest BCUT2D eigenvalue weighted by Gasteiger charge is 2.21. The number of hydrogen-bond acceptors (Lipinski definition) is 3. The molecule has 0 aromatic heterocycles. The highest BCUT2D eigenvalue weighted by Crippen LogP contribution is 2.22. The lowest BCUT2D eigenvalue weighted by molar-refractivity contribution is 0.322. The lowest BCUT2D eigenvalue weighted by atomic mass is 9.86. The first-order valence-electron chi connectivity index (χ1n) is 6.48. The van der Waals surface area contributed by atoms with Crippen LogP contribution < -0.4 is 10.5 Å². The summed E-state index contributed by atoms with van der Waals surface area (Å²) < 4.78 is 39.4. The van der Waals surface area contributed by atoms with Crippen molar-refractivity contribution in [3.8, 4) is 0 Å². The molecule has 19 heavy (non-hydrogen) atoms. The van der Waals surface area contributed by atoms with E-state index in [1.807, 2.05) is 0 Å². The minimum Gasteiger partial charge on any atom is -0.328 e. The van der Waals surface area contributed by atoms with Gasteiger partial charge < -0.3 is 5.73 Å². The van der Waals surface area contributed by atoms with Gasteiger partial charge in [0.2, 0.25) is 10.0 Å². The summed E-state index contributed by atoms with van der Waals surface area (Å²) in [5.74, 6) is -0.156. The third-order valence-corrected chi connectivity index (χ3v) is 4.95. The minimum absolute atomic E-state index is 0.0917. The van der Waals surface area contributed by atoms with Gasteiger partial charge in [0.15, 0.2) is 0 Å². The van der Waals surface area contributed by atoms with Gasteiger partial charge >= 0.3 is 0 Å². The van der Waals surface area contributed by atoms with Crippen LogP contribution in [0.5, 0.6) is 0 Å². The highest BCUT2D eigenvalue weighted by atomic mass is 32.2. The third kappa shape index (κ3) is 3.99. The Bertz CT molecular complexity index is 516. The molecule has 2 atom stereocenters. The summed E-state index contributed by atoms with van der Waals surface area (Å²) in [5, 5.41) is 0. The molecule has 0 saturated heterocycles. The number of benzene rings is 1. The maximum Gasteiger partial charge on any atom is 0.240 e. The van der Waals surface area contributed by atoms with Crippen molar-refractivity contribution in [2.75, 3.05) is 6.54 Å². The van der Waals surface area contributed by atoms with E-state index < -0.39 is 15.8 Å². The predicted octanol–water partition coefficient (Wildman–Crippen LogP) is 1.62. The van der Waals surface area contributed by atoms with Gasteiger partial charge in [-0.25, -0.2) is 17.5 Å². The van der Waals surface area contributed by atoms with Gasteiger partial charge in [-0.15, -0.1) is 0 Å². The Labute approximate surface area is 113 Å². The van der Waals surface area contributed by atoms with Gasteiger partial charge in [0.1, 0.15) is 5.82 Å². The van der Waals surface area contributed by atoms with Crippen LogP contribution in [0, 0.1) is 11.7 Å². The molecule has 0 amide bonds. The molecule has 0 spiro atoms. The van der Waals surface area contributed by atoms with E-state index in [1.54, 1.807) is 0 Å². The van der Waals surface area contributed by atoms with E-state index in [0.29, 0.717) is 12.5 Å². The summed E-state index contributed by atoms with van der Waals surface area (Å²) in [6.07, 6.45) is 3.91. The van der Waals surface area contributed by atoms with E-state index in [1.165, 1.54) is 12.1 Å². The van der Waals surface area contributed by atoms with Crippen LogP contribution in [-0.2, 0) is 10.0 Å². The number of nitrogens with two attached hydrogens (primary N) is 1. The Morgan fingerprint density at radius 2 is 1.95 bits per heavy atom. The molecule has 0 aliphatic heterocycles. The van der Waals surface area contributed by atoms with Gasteiger partial charge in [-0.3, -0.25) is 0 Å². The lowest BCUT2D eigenvalue weighted by Gasteiger charge is -2.26. The van der Waals surface area contributed by atoms with Crippen molar-refractivity contribution >= 4 is 10.0 Å². The van der Waals surface area contributed by atoms with E-state index in [-0.39, 0.29) is 10.9 Å². The molecule has 1 aliphatic carbocycles. The molecule has 2 rings (SSSR count). The Kier molecular flexibility index (Phi) is 4.54. The molecular formula is C13H19FN2O2S. The Hall–Kier alpha value is -0.980. The van der Waals surface area contributed by atoms with Crippen molar-refractivity contribution in [1.82, 2.24) is 4.72 Å². The summed E-state index contributed by atoms with van der Waals surface area (Å²) in [6.45, 7) is 0.396. The van der Waals surface area contributed by atoms with Crippen LogP contribution in [0.3, 0.4) is 0 Å². The Morgan fingerprint density at radius 1 is 1.26 bits per heavy atom. The van der Waals surface area contributed by atoms with Gasteiger partial charge in [-0.1, -0.05) is 6.42 Å². The number of rotatable bonds is 4. The van der Waals surface area contributed by atoms with Gasteiger partial charge in [-0.05, 0) is 49.4 Å². The molecule has 1 aromatic rings. The number of sulfonamides is 1. The number of nitrogens with one attached hydrogen (secondary N) is 1. The quantitative estimate of drug-likeness (QED) is 0.883. The smallest absolute Gasteiger partial charge is 0.240 e. The first-order chi connectivity index (χ1) is 8.97. The van der Waals surface area contributed by atoms with E-state index in [9.17, 15) is 12.8 Å². The summed E-state index contributed by atoms with van der Waals surface area (Å²) in [5.41, 5.74) is 5.87. The molecule has 1 aliphatic rings. The van der Waals surface area contributed by atoms with Crippen LogP contribution in [-0.4, -0.2) is 21.0 Å². The highest BCUT2D eigenvalue weighted by molar-refractivity contribution is 7.89. The monoisotopic (exact) mass is 286 g/mol. The van der Waals surface area contributed by atoms with Crippen molar-refractivity contribution in [1.29, 1.82) is 0 Å². The molecule has 6 heteroatoms. The zero-order chi connectivity index (χ0) is 13.9. The van der Waals surface area contributed by atoms with Crippen LogP contribution in [0.1, 0.15) is 25.7 Å². The average molecular weight is 286 g/mol. The van der Waals surface area contributed by atoms with E-state index >= 15 is 0 Å². The topological polar surface area (TPSA) is 72.2 Å². The molecule has 1 aromatic carbocycles. The van der Waals surface area contributed by atoms with Crippen molar-refractivity contribution < 1.29 is 12.8 Å². The maximum absolute atomic E-state index is 12.8. The SMILES string of the molecule is NC1CCCC(CNS(=O)(=O)c2ccc(F)cc2)C1. The van der Waals surface area contributed by atoms with Crippen LogP contribution in [0.4, 0.5) is 4.39 Å². The Morgan fingerprint density at radius 3 is 2.58 bits per heavy atom. The summed E-state index contributed by atoms with van der Waals surface area (Å²) in [4.78, 5) is 0.0917. The summed E-state index contributed by atoms with van der Waals surface area (Å²) in [6, 6.07) is 5.00. The second-order valence-corrected chi connectivity index (χ2v) is 6.87. The molecule has 4 nitrogen and oxygen atoms in total. The fraction of sp³-hybridized carbons (Fsp3) is 0.538. The van der Waals surface area contributed by atoms with Crippen LogP contribution >= 0.6 is 0 Å². The van der Waals surface area contributed by atoms with Crippen molar-refractivity contribution in [3.63, 3.8) is 0 Å². The molecule has 3 N–H and O–H groups in total. The maximum atomic E-state index is 12.8. The summed E-state index contributed by atoms with van der Waals surface area (Å²) in [7, 11) is -3.55. The van der Waals surface area contributed by atoms with Crippen LogP contribution in [0.25, 0.3) is 0 Å². The molecular weight excluding hydrogens is 267 g/mol. The zero-order valence-electron chi connectivity index (χ0n) is 10.7. The van der Waals surface area contributed by atoms with Crippen molar-refractivity contribution in [2.45, 2.75) is 36.6 Å². The fourth-order valence-electron chi connectivity index (χ4n) is 2.44. The minimum atomic E-state index is -3.55. The van der Waals surface area contributed by atoms with E-state index in [4.69, 9.17) is 5.73 Å². The molecule has 1 fully saturated rings. The zero-order valence-corrected chi connectivity index (χ0v) is 11.5. The lowest BCUT2D eigenvalue weighted by Crippen LogP contribution is -2.35. The normalized spacial score (nSPS) is 24.3. The number of halogens is 1. The second-order valence-electron chi connectivity index (χ2n) is 5.10. The van der Waals surface area contributed by atoms with E-state index in [0.717, 1.165) is 37.8 Å². The molecule has 0 radical (unpaired) electrons. The van der Waals surface area contributed by atoms with Crippen LogP contribution in [0.2, 0.25) is 0 Å². The molecule has 0 heterocycles. The summed E-state index contributed by atoms with van der Waals surface area (Å²) >= 11 is 0. The van der Waals surface area contributed by atoms with Gasteiger partial charge in [-0.2, -0.15) is 0 Å². The average Bonchev–Trinajstić information content (AvgIpc) is 2.37. The predicted molar refractivity (Wildman–Crippen MR) is 71.5 cm³/mol. The van der Waals surface area contributed by atoms with E-state index in [2.05, 4.69) is 4.72 Å². The number of hydrogen-bond donors (Lipinski definition) is 2. The largest absolute Gasteiger partial charge is 0.328 e. The second kappa shape index (κ2) is 5.98. The Balaban J connectivity index is 1.96. The first-order valence-corrected chi connectivity index (χ1v) is 7.96. The molecule has 2 unspecified atom stereocenters. The standard InChI is InChI=1S/C13H19FN2O2S/c14-11-4-6-13(7-5-11)19(17,18)16-9-10-2-1-3-12(15)8-10/h4-7,10,12,16H,1-3,8-9,15H2. The van der Waals surface area contributed by atoms with Crippen LogP contribution in [0.15, 0.2) is 29.2 Å². The van der Waals surface area contributed by atoms with Gasteiger partial charge in [0.25, 0.3) is 0 Å². The van der Waals surface area contributed by atoms with Crippen molar-refractivity contribution in [2.24, 2.45) is 11.7 Å². The van der Waals surface area contributed by atoms with Gasteiger partial charge in [0.05, 0.1) is 4.90 Å².